The summed E-state index contributed by atoms with van der Waals surface area (Å²) in [5.74, 6) is 0.775. The zero-order valence-corrected chi connectivity index (χ0v) is 20.3. The second-order valence-electron chi connectivity index (χ2n) is 9.04. The molecule has 3 aromatic carbocycles. The fourth-order valence-electron chi connectivity index (χ4n) is 3.70. The number of benzene rings is 3. The zero-order chi connectivity index (χ0) is 23.8. The molecule has 0 amide bonds. The summed E-state index contributed by atoms with van der Waals surface area (Å²) >= 11 is 0. The summed E-state index contributed by atoms with van der Waals surface area (Å²) in [4.78, 5) is 17.3. The Morgan fingerprint density at radius 2 is 1.70 bits per heavy atom. The average molecular weight is 440 g/mol. The summed E-state index contributed by atoms with van der Waals surface area (Å²) in [6.45, 7) is 9.07. The van der Waals surface area contributed by atoms with Crippen LogP contribution in [0, 0.1) is 0 Å². The molecule has 0 aliphatic carbocycles. The van der Waals surface area contributed by atoms with Gasteiger partial charge in [-0.25, -0.2) is 0 Å². The van der Waals surface area contributed by atoms with Crippen LogP contribution < -0.4 is 4.74 Å². The summed E-state index contributed by atoms with van der Waals surface area (Å²) in [5.41, 5.74) is 5.15. The van der Waals surface area contributed by atoms with Gasteiger partial charge in [0, 0.05) is 23.7 Å². The normalized spacial score (nSPS) is 12.2. The maximum Gasteiger partial charge on any atom is 0.210 e. The van der Waals surface area contributed by atoms with E-state index >= 15 is 0 Å². The van der Waals surface area contributed by atoms with Crippen molar-refractivity contribution in [3.8, 4) is 16.9 Å². The molecule has 33 heavy (non-hydrogen) atoms. The molecule has 0 spiro atoms. The lowest BCUT2D eigenvalue weighted by atomic mass is 9.84. The molecule has 3 aromatic rings. The Hall–Kier alpha value is -3.46. The lowest BCUT2D eigenvalue weighted by molar-refractivity contribution is 0.106. The van der Waals surface area contributed by atoms with Crippen LogP contribution in [0.4, 0.5) is 0 Å². The van der Waals surface area contributed by atoms with E-state index in [4.69, 9.17) is 4.74 Å². The highest BCUT2D eigenvalue weighted by molar-refractivity contribution is 6.49. The fourth-order valence-corrected chi connectivity index (χ4v) is 3.70. The van der Waals surface area contributed by atoms with Gasteiger partial charge in [0.05, 0.1) is 0 Å². The van der Waals surface area contributed by atoms with Crippen molar-refractivity contribution in [2.75, 3.05) is 7.05 Å². The zero-order valence-electron chi connectivity index (χ0n) is 20.3. The first-order valence-corrected chi connectivity index (χ1v) is 11.4. The molecule has 3 rings (SSSR count). The summed E-state index contributed by atoms with van der Waals surface area (Å²) in [7, 11) is 1.65. The third-order valence-electron chi connectivity index (χ3n) is 5.47. The van der Waals surface area contributed by atoms with Gasteiger partial charge in [-0.2, -0.15) is 0 Å². The standard InChI is InChI=1S/C30H33NO2/c1-6-7-19-27(31-5)28(32)24-16-11-15-23(20-24)25-17-12-18-26(30(2,3)4)29(25)33-21-22-13-9-8-10-14-22/h7-20H,6,21H2,1-5H3/b19-7-,31-27?. The van der Waals surface area contributed by atoms with Gasteiger partial charge in [0.15, 0.2) is 0 Å². The van der Waals surface area contributed by atoms with E-state index in [-0.39, 0.29) is 11.2 Å². The fraction of sp³-hybridized carbons (Fsp3) is 0.267. The summed E-state index contributed by atoms with van der Waals surface area (Å²) < 4.78 is 6.44. The summed E-state index contributed by atoms with van der Waals surface area (Å²) in [6.07, 6.45) is 4.60. The molecule has 0 heterocycles. The Morgan fingerprint density at radius 1 is 0.970 bits per heavy atom. The molecule has 0 aromatic heterocycles. The number of rotatable bonds is 8. The highest BCUT2D eigenvalue weighted by Gasteiger charge is 2.22. The van der Waals surface area contributed by atoms with Crippen LogP contribution in [0.25, 0.3) is 11.1 Å². The largest absolute Gasteiger partial charge is 0.488 e. The van der Waals surface area contributed by atoms with Crippen LogP contribution in [-0.4, -0.2) is 18.5 Å². The van der Waals surface area contributed by atoms with Gasteiger partial charge in [0.2, 0.25) is 5.78 Å². The van der Waals surface area contributed by atoms with Crippen molar-refractivity contribution in [2.45, 2.75) is 46.1 Å². The first-order valence-electron chi connectivity index (χ1n) is 11.4. The van der Waals surface area contributed by atoms with Crippen LogP contribution in [0.3, 0.4) is 0 Å². The molecular formula is C30H33NO2. The Morgan fingerprint density at radius 3 is 2.36 bits per heavy atom. The molecule has 0 fully saturated rings. The number of carbonyl (C=O) groups excluding carboxylic acids is 1. The van der Waals surface area contributed by atoms with Gasteiger partial charge >= 0.3 is 0 Å². The van der Waals surface area contributed by atoms with E-state index in [1.165, 1.54) is 0 Å². The molecule has 3 nitrogen and oxygen atoms in total. The van der Waals surface area contributed by atoms with Crippen LogP contribution >= 0.6 is 0 Å². The number of ether oxygens (including phenoxy) is 1. The van der Waals surface area contributed by atoms with E-state index in [0.717, 1.165) is 34.4 Å². The third-order valence-corrected chi connectivity index (χ3v) is 5.47. The molecule has 0 atom stereocenters. The lowest BCUT2D eigenvalue weighted by Gasteiger charge is -2.25. The van der Waals surface area contributed by atoms with Gasteiger partial charge in [0.1, 0.15) is 18.1 Å². The van der Waals surface area contributed by atoms with Gasteiger partial charge in [-0.1, -0.05) is 101 Å². The van der Waals surface area contributed by atoms with Crippen LogP contribution in [0.1, 0.15) is 55.6 Å². The van der Waals surface area contributed by atoms with Crippen LogP contribution in [0.15, 0.2) is 89.9 Å². The molecule has 170 valence electrons. The van der Waals surface area contributed by atoms with Crippen molar-refractivity contribution in [3.05, 3.63) is 102 Å². The molecule has 0 unspecified atom stereocenters. The number of hydrogen-bond acceptors (Lipinski definition) is 3. The van der Waals surface area contributed by atoms with E-state index in [1.54, 1.807) is 13.1 Å². The highest BCUT2D eigenvalue weighted by Crippen LogP contribution is 2.40. The molecule has 0 N–H and O–H groups in total. The number of ketones is 1. The second-order valence-corrected chi connectivity index (χ2v) is 9.04. The van der Waals surface area contributed by atoms with E-state index in [9.17, 15) is 4.79 Å². The van der Waals surface area contributed by atoms with Gasteiger partial charge in [-0.15, -0.1) is 0 Å². The minimum absolute atomic E-state index is 0.0808. The predicted octanol–water partition coefficient (Wildman–Crippen LogP) is 7.45. The van der Waals surface area contributed by atoms with Gasteiger partial charge < -0.3 is 4.74 Å². The van der Waals surface area contributed by atoms with Crippen molar-refractivity contribution >= 4 is 11.5 Å². The summed E-state index contributed by atoms with van der Waals surface area (Å²) in [5, 5.41) is 0. The second kappa shape index (κ2) is 10.9. The summed E-state index contributed by atoms with van der Waals surface area (Å²) in [6, 6.07) is 24.1. The van der Waals surface area contributed by atoms with Gasteiger partial charge in [-0.05, 0) is 35.1 Å². The topological polar surface area (TPSA) is 38.7 Å². The number of aliphatic imine (C=N–C) groups is 1. The first-order chi connectivity index (χ1) is 15.8. The van der Waals surface area contributed by atoms with Crippen LogP contribution in [0.5, 0.6) is 5.75 Å². The number of hydrogen-bond donors (Lipinski definition) is 0. The smallest absolute Gasteiger partial charge is 0.210 e. The van der Waals surface area contributed by atoms with Crippen molar-refractivity contribution in [1.29, 1.82) is 0 Å². The number of Topliss-reactive ketones (excluding diaryl/α,β-unsaturated/α-hetero) is 1. The highest BCUT2D eigenvalue weighted by atomic mass is 16.5. The quantitative estimate of drug-likeness (QED) is 0.270. The van der Waals surface area contributed by atoms with Crippen molar-refractivity contribution in [3.63, 3.8) is 0 Å². The maximum absolute atomic E-state index is 13.1. The Kier molecular flexibility index (Phi) is 8.00. The molecule has 0 radical (unpaired) electrons. The van der Waals surface area contributed by atoms with Crippen molar-refractivity contribution in [2.24, 2.45) is 4.99 Å². The van der Waals surface area contributed by atoms with E-state index < -0.39 is 0 Å². The third kappa shape index (κ3) is 6.07. The first kappa shape index (κ1) is 24.2. The van der Waals surface area contributed by atoms with Crippen LogP contribution in [0.2, 0.25) is 0 Å². The minimum Gasteiger partial charge on any atom is -0.488 e. The Bertz CT molecular complexity index is 1150. The molecule has 3 heteroatoms. The predicted molar refractivity (Wildman–Crippen MR) is 138 cm³/mol. The number of allylic oxidation sites excluding steroid dienone is 2. The van der Waals surface area contributed by atoms with E-state index in [0.29, 0.717) is 17.9 Å². The van der Waals surface area contributed by atoms with E-state index in [2.05, 4.69) is 56.1 Å². The number of nitrogens with zero attached hydrogens (tertiary/aromatic N) is 1. The SMILES string of the molecule is CC/C=C\C(=NC)C(=O)c1cccc(-c2cccc(C(C)(C)C)c2OCc2ccccc2)c1. The Labute approximate surface area is 197 Å². The lowest BCUT2D eigenvalue weighted by Crippen LogP contribution is -2.14. The molecular weight excluding hydrogens is 406 g/mol. The molecule has 0 aliphatic rings. The van der Waals surface area contributed by atoms with Gasteiger partial charge in [-0.3, -0.25) is 9.79 Å². The molecule has 0 saturated heterocycles. The van der Waals surface area contributed by atoms with Crippen molar-refractivity contribution in [1.82, 2.24) is 0 Å². The average Bonchev–Trinajstić information content (AvgIpc) is 2.83. The molecule has 0 aliphatic heterocycles. The minimum atomic E-state index is -0.0948. The van der Waals surface area contributed by atoms with E-state index in [1.807, 2.05) is 55.5 Å². The monoisotopic (exact) mass is 439 g/mol. The number of carbonyl (C=O) groups is 1. The van der Waals surface area contributed by atoms with Gasteiger partial charge in [0.25, 0.3) is 0 Å². The Balaban J connectivity index is 2.04. The number of para-hydroxylation sites is 1. The maximum atomic E-state index is 13.1. The molecule has 0 bridgehead atoms. The molecule has 0 saturated carbocycles. The van der Waals surface area contributed by atoms with Crippen molar-refractivity contribution < 1.29 is 9.53 Å². The van der Waals surface area contributed by atoms with Crippen LogP contribution in [-0.2, 0) is 12.0 Å².